The molecule has 6 nitrogen and oxygen atoms in total. The molecule has 0 atom stereocenters. The molecule has 0 aliphatic carbocycles. The van der Waals surface area contributed by atoms with E-state index < -0.39 is 23.7 Å². The van der Waals surface area contributed by atoms with E-state index in [1.165, 1.54) is 0 Å². The molecule has 0 aromatic heterocycles. The highest BCUT2D eigenvalue weighted by Crippen LogP contribution is 2.34. The van der Waals surface area contributed by atoms with Gasteiger partial charge in [-0.2, -0.15) is 0 Å². The van der Waals surface area contributed by atoms with Crippen molar-refractivity contribution in [3.8, 4) is 5.75 Å². The normalized spacial score (nSPS) is 15.1. The summed E-state index contributed by atoms with van der Waals surface area (Å²) in [6.07, 6.45) is 1.21. The molecule has 1 aliphatic heterocycles. The van der Waals surface area contributed by atoms with E-state index in [4.69, 9.17) is 32.7 Å². The molecule has 9 heteroatoms. The second kappa shape index (κ2) is 10.2. The van der Waals surface area contributed by atoms with E-state index in [1.807, 2.05) is 18.2 Å². The van der Waals surface area contributed by atoms with E-state index in [0.29, 0.717) is 21.4 Å². The van der Waals surface area contributed by atoms with E-state index in [1.54, 1.807) is 44.2 Å². The van der Waals surface area contributed by atoms with E-state index >= 15 is 0 Å². The molecular formula is C22H19Cl2NO5S. The molecule has 1 saturated heterocycles. The number of ether oxygens (including phenoxy) is 2. The minimum atomic E-state index is -0.637. The monoisotopic (exact) mass is 479 g/mol. The molecule has 0 bridgehead atoms. The fraction of sp³-hybridized carbons (Fsp3) is 0.227. The lowest BCUT2D eigenvalue weighted by Crippen LogP contribution is -2.35. The third-order valence-electron chi connectivity index (χ3n) is 4.12. The van der Waals surface area contributed by atoms with E-state index in [2.05, 4.69) is 0 Å². The number of benzene rings is 2. The predicted molar refractivity (Wildman–Crippen MR) is 121 cm³/mol. The fourth-order valence-electron chi connectivity index (χ4n) is 2.71. The van der Waals surface area contributed by atoms with Crippen molar-refractivity contribution in [3.05, 3.63) is 68.5 Å². The van der Waals surface area contributed by atoms with Crippen LogP contribution in [0.4, 0.5) is 4.79 Å². The van der Waals surface area contributed by atoms with E-state index in [-0.39, 0.29) is 17.6 Å². The molecule has 1 fully saturated rings. The van der Waals surface area contributed by atoms with Crippen LogP contribution in [0.3, 0.4) is 0 Å². The number of esters is 1. The Morgan fingerprint density at radius 1 is 1.13 bits per heavy atom. The molecule has 1 aliphatic rings. The number of rotatable bonds is 7. The summed E-state index contributed by atoms with van der Waals surface area (Å²) in [7, 11) is 0. The van der Waals surface area contributed by atoms with Gasteiger partial charge in [-0.05, 0) is 55.4 Å². The predicted octanol–water partition coefficient (Wildman–Crippen LogP) is 5.56. The van der Waals surface area contributed by atoms with Gasteiger partial charge in [-0.3, -0.25) is 19.3 Å². The first-order chi connectivity index (χ1) is 14.7. The Balaban J connectivity index is 1.68. The van der Waals surface area contributed by atoms with E-state index in [0.717, 1.165) is 22.2 Å². The van der Waals surface area contributed by atoms with Crippen LogP contribution in [-0.4, -0.2) is 34.7 Å². The SMILES string of the molecule is CC(C)OC(=O)CN1C(=O)S/C(=C\c2ccc(OCc3ccccc3Cl)c(Cl)c2)C1=O. The van der Waals surface area contributed by atoms with Crippen molar-refractivity contribution < 1.29 is 23.9 Å². The lowest BCUT2D eigenvalue weighted by molar-refractivity contribution is -0.149. The number of carbonyl (C=O) groups is 3. The van der Waals surface area contributed by atoms with Gasteiger partial charge in [0.15, 0.2) is 0 Å². The van der Waals surface area contributed by atoms with Gasteiger partial charge >= 0.3 is 5.97 Å². The molecule has 1 heterocycles. The summed E-state index contributed by atoms with van der Waals surface area (Å²) in [4.78, 5) is 37.5. The average Bonchev–Trinajstić information content (AvgIpc) is 2.95. The number of hydrogen-bond acceptors (Lipinski definition) is 6. The number of thioether (sulfide) groups is 1. The molecule has 3 rings (SSSR count). The van der Waals surface area contributed by atoms with Gasteiger partial charge in [0.2, 0.25) is 0 Å². The van der Waals surface area contributed by atoms with Gasteiger partial charge in [-0.25, -0.2) is 0 Å². The molecule has 162 valence electrons. The average molecular weight is 480 g/mol. The van der Waals surface area contributed by atoms with Crippen LogP contribution in [0.5, 0.6) is 5.75 Å². The molecule has 31 heavy (non-hydrogen) atoms. The summed E-state index contributed by atoms with van der Waals surface area (Å²) in [6.45, 7) is 3.22. The lowest BCUT2D eigenvalue weighted by Gasteiger charge is -2.13. The van der Waals surface area contributed by atoms with Crippen LogP contribution >= 0.6 is 35.0 Å². The van der Waals surface area contributed by atoms with Gasteiger partial charge in [0.1, 0.15) is 18.9 Å². The molecule has 0 radical (unpaired) electrons. The lowest BCUT2D eigenvalue weighted by atomic mass is 10.2. The number of carbonyl (C=O) groups excluding carboxylic acids is 3. The maximum atomic E-state index is 12.5. The maximum Gasteiger partial charge on any atom is 0.326 e. The smallest absolute Gasteiger partial charge is 0.326 e. The zero-order chi connectivity index (χ0) is 22.5. The van der Waals surface area contributed by atoms with Crippen molar-refractivity contribution in [3.63, 3.8) is 0 Å². The van der Waals surface area contributed by atoms with Crippen LogP contribution in [0.15, 0.2) is 47.4 Å². The first-order valence-corrected chi connectivity index (χ1v) is 10.9. The second-order valence-corrected chi connectivity index (χ2v) is 8.68. The van der Waals surface area contributed by atoms with Crippen molar-refractivity contribution >= 4 is 58.2 Å². The Morgan fingerprint density at radius 3 is 2.55 bits per heavy atom. The summed E-state index contributed by atoms with van der Waals surface area (Å²) in [5, 5.41) is 0.423. The van der Waals surface area contributed by atoms with Crippen LogP contribution in [-0.2, 0) is 20.9 Å². The van der Waals surface area contributed by atoms with Crippen molar-refractivity contribution in [2.24, 2.45) is 0 Å². The van der Waals surface area contributed by atoms with Gasteiger partial charge < -0.3 is 9.47 Å². The van der Waals surface area contributed by atoms with Crippen molar-refractivity contribution in [1.82, 2.24) is 4.90 Å². The molecular weight excluding hydrogens is 461 g/mol. The van der Waals surface area contributed by atoms with Crippen molar-refractivity contribution in [1.29, 1.82) is 0 Å². The summed E-state index contributed by atoms with van der Waals surface area (Å²) < 4.78 is 10.7. The zero-order valence-corrected chi connectivity index (χ0v) is 19.1. The quantitative estimate of drug-likeness (QED) is 0.382. The number of nitrogens with zero attached hydrogens (tertiary/aromatic N) is 1. The van der Waals surface area contributed by atoms with Crippen LogP contribution in [0.1, 0.15) is 25.0 Å². The first kappa shape index (κ1) is 23.2. The van der Waals surface area contributed by atoms with Gasteiger partial charge in [0, 0.05) is 10.6 Å². The zero-order valence-electron chi connectivity index (χ0n) is 16.8. The van der Waals surface area contributed by atoms with E-state index in [9.17, 15) is 14.4 Å². The third kappa shape index (κ3) is 6.03. The topological polar surface area (TPSA) is 72.9 Å². The van der Waals surface area contributed by atoms with Crippen LogP contribution in [0, 0.1) is 0 Å². The Morgan fingerprint density at radius 2 is 1.87 bits per heavy atom. The summed E-state index contributed by atoms with van der Waals surface area (Å²) in [5.74, 6) is -0.726. The number of imide groups is 1. The summed E-state index contributed by atoms with van der Waals surface area (Å²) in [6, 6.07) is 12.4. The Hall–Kier alpha value is -2.48. The number of amides is 2. The number of halogens is 2. The number of hydrogen-bond donors (Lipinski definition) is 0. The molecule has 2 aromatic carbocycles. The molecule has 2 aromatic rings. The van der Waals surface area contributed by atoms with Gasteiger partial charge in [-0.15, -0.1) is 0 Å². The molecule has 0 spiro atoms. The van der Waals surface area contributed by atoms with Gasteiger partial charge in [0.25, 0.3) is 11.1 Å². The second-order valence-electron chi connectivity index (χ2n) is 6.88. The maximum absolute atomic E-state index is 12.5. The Bertz CT molecular complexity index is 1050. The molecule has 0 unspecified atom stereocenters. The molecule has 2 amide bonds. The van der Waals surface area contributed by atoms with Crippen LogP contribution < -0.4 is 4.74 Å². The third-order valence-corrected chi connectivity index (χ3v) is 5.69. The highest BCUT2D eigenvalue weighted by atomic mass is 35.5. The minimum Gasteiger partial charge on any atom is -0.487 e. The van der Waals surface area contributed by atoms with Gasteiger partial charge in [-0.1, -0.05) is 47.5 Å². The standard InChI is InChI=1S/C22H19Cl2NO5S/c1-13(2)30-20(26)11-25-21(27)19(31-22(25)28)10-14-7-8-18(17(24)9-14)29-12-15-5-3-4-6-16(15)23/h3-10,13H,11-12H2,1-2H3/b19-10-. The van der Waals surface area contributed by atoms with Gasteiger partial charge in [0.05, 0.1) is 16.0 Å². The van der Waals surface area contributed by atoms with Crippen molar-refractivity contribution in [2.45, 2.75) is 26.6 Å². The van der Waals surface area contributed by atoms with Crippen LogP contribution in [0.25, 0.3) is 6.08 Å². The first-order valence-electron chi connectivity index (χ1n) is 9.35. The fourth-order valence-corrected chi connectivity index (χ4v) is 3.98. The Kier molecular flexibility index (Phi) is 7.64. The largest absolute Gasteiger partial charge is 0.487 e. The highest BCUT2D eigenvalue weighted by molar-refractivity contribution is 8.18. The summed E-state index contributed by atoms with van der Waals surface area (Å²) in [5.41, 5.74) is 1.44. The van der Waals surface area contributed by atoms with Crippen LogP contribution in [0.2, 0.25) is 10.0 Å². The van der Waals surface area contributed by atoms with Crippen molar-refractivity contribution in [2.75, 3.05) is 6.54 Å². The Labute approximate surface area is 194 Å². The summed E-state index contributed by atoms with van der Waals surface area (Å²) >= 11 is 13.2. The minimum absolute atomic E-state index is 0.197. The molecule has 0 saturated carbocycles. The molecule has 0 N–H and O–H groups in total. The highest BCUT2D eigenvalue weighted by Gasteiger charge is 2.36.